The Balaban J connectivity index is 2.43. The summed E-state index contributed by atoms with van der Waals surface area (Å²) in [4.78, 5) is 25.3. The minimum atomic E-state index is -0.527. The number of rotatable bonds is 2. The van der Waals surface area contributed by atoms with E-state index in [4.69, 9.17) is 11.6 Å². The lowest BCUT2D eigenvalue weighted by Crippen LogP contribution is -2.34. The van der Waals surface area contributed by atoms with Crippen LogP contribution < -0.4 is 11.2 Å². The average molecular weight is 241 g/mol. The van der Waals surface area contributed by atoms with Crippen molar-refractivity contribution in [1.82, 2.24) is 19.3 Å². The molecule has 6 nitrogen and oxygen atoms in total. The van der Waals surface area contributed by atoms with Crippen LogP contribution in [0.5, 0.6) is 0 Å². The molecule has 0 spiro atoms. The molecule has 0 aromatic carbocycles. The maximum Gasteiger partial charge on any atom is 0.329 e. The summed E-state index contributed by atoms with van der Waals surface area (Å²) in [7, 11) is 1.76. The van der Waals surface area contributed by atoms with Gasteiger partial charge in [-0.2, -0.15) is 5.10 Å². The number of hydrogen-bond acceptors (Lipinski definition) is 3. The van der Waals surface area contributed by atoms with Gasteiger partial charge in [0.05, 0.1) is 12.7 Å². The molecule has 2 heterocycles. The van der Waals surface area contributed by atoms with Crippen LogP contribution in [0.15, 0.2) is 28.0 Å². The second kappa shape index (κ2) is 3.97. The van der Waals surface area contributed by atoms with Crippen LogP contribution in [0.1, 0.15) is 5.56 Å². The molecule has 2 rings (SSSR count). The first-order chi connectivity index (χ1) is 7.56. The van der Waals surface area contributed by atoms with Gasteiger partial charge in [-0.25, -0.2) is 4.79 Å². The highest BCUT2D eigenvalue weighted by molar-refractivity contribution is 6.29. The fourth-order valence-corrected chi connectivity index (χ4v) is 1.55. The van der Waals surface area contributed by atoms with Gasteiger partial charge in [0.1, 0.15) is 5.15 Å². The topological polar surface area (TPSA) is 72.7 Å². The van der Waals surface area contributed by atoms with Gasteiger partial charge in [0.25, 0.3) is 5.56 Å². The van der Waals surface area contributed by atoms with Crippen LogP contribution in [0.3, 0.4) is 0 Å². The van der Waals surface area contributed by atoms with Gasteiger partial charge in [-0.05, 0) is 0 Å². The van der Waals surface area contributed by atoms with Crippen molar-refractivity contribution < 1.29 is 0 Å². The molecule has 0 saturated carbocycles. The van der Waals surface area contributed by atoms with Crippen LogP contribution in [0.25, 0.3) is 0 Å². The van der Waals surface area contributed by atoms with E-state index in [0.29, 0.717) is 0 Å². The highest BCUT2D eigenvalue weighted by Gasteiger charge is 2.05. The number of halogens is 1. The van der Waals surface area contributed by atoms with Gasteiger partial charge in [0, 0.05) is 24.9 Å². The summed E-state index contributed by atoms with van der Waals surface area (Å²) < 4.78 is 2.66. The third-order valence-electron chi connectivity index (χ3n) is 2.09. The van der Waals surface area contributed by atoms with E-state index < -0.39 is 11.2 Å². The van der Waals surface area contributed by atoms with E-state index in [0.717, 1.165) is 10.1 Å². The molecule has 0 amide bonds. The zero-order chi connectivity index (χ0) is 11.7. The van der Waals surface area contributed by atoms with Crippen molar-refractivity contribution in [3.8, 4) is 0 Å². The van der Waals surface area contributed by atoms with E-state index in [9.17, 15) is 9.59 Å². The van der Waals surface area contributed by atoms with Crippen LogP contribution in [0, 0.1) is 0 Å². The number of aryl methyl sites for hydroxylation is 1. The number of aromatic amines is 1. The maximum absolute atomic E-state index is 11.5. The molecule has 0 radical (unpaired) electrons. The first kappa shape index (κ1) is 10.7. The van der Waals surface area contributed by atoms with Gasteiger partial charge < -0.3 is 0 Å². The Kier molecular flexibility index (Phi) is 2.66. The van der Waals surface area contributed by atoms with Crippen molar-refractivity contribution in [2.75, 3.05) is 0 Å². The molecule has 0 aliphatic heterocycles. The van der Waals surface area contributed by atoms with Gasteiger partial charge in [0.2, 0.25) is 0 Å². The van der Waals surface area contributed by atoms with Crippen molar-refractivity contribution in [1.29, 1.82) is 0 Å². The quantitative estimate of drug-likeness (QED) is 0.750. The number of hydrogen-bond donors (Lipinski definition) is 1. The molecule has 1 N–H and O–H groups in total. The second-order valence-corrected chi connectivity index (χ2v) is 3.78. The fourth-order valence-electron chi connectivity index (χ4n) is 1.38. The molecular weight excluding hydrogens is 232 g/mol. The zero-order valence-corrected chi connectivity index (χ0v) is 9.23. The number of aromatic nitrogens is 4. The lowest BCUT2D eigenvalue weighted by atomic mass is 10.3. The van der Waals surface area contributed by atoms with E-state index in [2.05, 4.69) is 10.1 Å². The maximum atomic E-state index is 11.5. The lowest BCUT2D eigenvalue weighted by molar-refractivity contribution is 0.697. The summed E-state index contributed by atoms with van der Waals surface area (Å²) in [6, 6.07) is 1.17. The number of H-pyrrole nitrogens is 1. The normalized spacial score (nSPS) is 10.6. The summed E-state index contributed by atoms with van der Waals surface area (Å²) in [5.74, 6) is 0. The Labute approximate surface area is 95.1 Å². The van der Waals surface area contributed by atoms with Crippen LogP contribution >= 0.6 is 11.6 Å². The Morgan fingerprint density at radius 1 is 1.50 bits per heavy atom. The van der Waals surface area contributed by atoms with Gasteiger partial charge >= 0.3 is 5.69 Å². The molecule has 0 aliphatic rings. The predicted octanol–water partition coefficient (Wildman–Crippen LogP) is -0.0282. The van der Waals surface area contributed by atoms with Crippen LogP contribution in [-0.4, -0.2) is 19.3 Å². The molecule has 0 saturated heterocycles. The molecule has 7 heteroatoms. The first-order valence-electron chi connectivity index (χ1n) is 4.53. The SMILES string of the molecule is Cn1cc(Cn2c(=O)cc(Cl)[nH]c2=O)cn1. The van der Waals surface area contributed by atoms with Crippen molar-refractivity contribution >= 4 is 11.6 Å². The molecule has 0 unspecified atom stereocenters. The van der Waals surface area contributed by atoms with Crippen molar-refractivity contribution in [2.24, 2.45) is 7.05 Å². The Morgan fingerprint density at radius 3 is 2.81 bits per heavy atom. The fraction of sp³-hybridized carbons (Fsp3) is 0.222. The van der Waals surface area contributed by atoms with E-state index in [1.165, 1.54) is 6.07 Å². The average Bonchev–Trinajstić information content (AvgIpc) is 2.58. The third-order valence-corrected chi connectivity index (χ3v) is 2.29. The minimum Gasteiger partial charge on any atom is -0.298 e. The van der Waals surface area contributed by atoms with Crippen molar-refractivity contribution in [3.05, 3.63) is 50.0 Å². The predicted molar refractivity (Wildman–Crippen MR) is 58.6 cm³/mol. The summed E-state index contributed by atoms with van der Waals surface area (Å²) in [6.45, 7) is 0.180. The van der Waals surface area contributed by atoms with Crippen LogP contribution in [0.2, 0.25) is 5.15 Å². The molecule has 16 heavy (non-hydrogen) atoms. The molecule has 2 aromatic rings. The van der Waals surface area contributed by atoms with E-state index >= 15 is 0 Å². The highest BCUT2D eigenvalue weighted by atomic mass is 35.5. The van der Waals surface area contributed by atoms with Gasteiger partial charge in [-0.15, -0.1) is 0 Å². The van der Waals surface area contributed by atoms with Crippen LogP contribution in [-0.2, 0) is 13.6 Å². The Bertz CT molecular complexity index is 594. The second-order valence-electron chi connectivity index (χ2n) is 3.37. The largest absolute Gasteiger partial charge is 0.329 e. The van der Waals surface area contributed by atoms with Crippen molar-refractivity contribution in [2.45, 2.75) is 6.54 Å². The smallest absolute Gasteiger partial charge is 0.298 e. The lowest BCUT2D eigenvalue weighted by Gasteiger charge is -2.01. The Hall–Kier alpha value is -1.82. The highest BCUT2D eigenvalue weighted by Crippen LogP contribution is 1.98. The molecule has 0 aliphatic carbocycles. The third kappa shape index (κ3) is 2.06. The van der Waals surface area contributed by atoms with Gasteiger partial charge in [0.15, 0.2) is 0 Å². The Morgan fingerprint density at radius 2 is 2.25 bits per heavy atom. The van der Waals surface area contributed by atoms with E-state index in [1.54, 1.807) is 24.1 Å². The number of nitrogens with one attached hydrogen (secondary N) is 1. The molecule has 0 atom stereocenters. The zero-order valence-electron chi connectivity index (χ0n) is 8.48. The monoisotopic (exact) mass is 240 g/mol. The molecular formula is C9H9ClN4O2. The summed E-state index contributed by atoms with van der Waals surface area (Å²) in [5.41, 5.74) is -0.184. The summed E-state index contributed by atoms with van der Waals surface area (Å²) >= 11 is 5.54. The first-order valence-corrected chi connectivity index (χ1v) is 4.91. The molecule has 0 bridgehead atoms. The van der Waals surface area contributed by atoms with Crippen LogP contribution in [0.4, 0.5) is 0 Å². The van der Waals surface area contributed by atoms with E-state index in [-0.39, 0.29) is 11.7 Å². The van der Waals surface area contributed by atoms with Gasteiger partial charge in [-0.3, -0.25) is 19.0 Å². The molecule has 0 fully saturated rings. The minimum absolute atomic E-state index is 0.0393. The summed E-state index contributed by atoms with van der Waals surface area (Å²) in [5, 5.41) is 3.99. The molecule has 2 aromatic heterocycles. The number of nitrogens with zero attached hydrogens (tertiary/aromatic N) is 3. The summed E-state index contributed by atoms with van der Waals surface area (Å²) in [6.07, 6.45) is 3.33. The van der Waals surface area contributed by atoms with Crippen molar-refractivity contribution in [3.63, 3.8) is 0 Å². The standard InChI is InChI=1S/C9H9ClN4O2/c1-13-4-6(3-11-13)5-14-8(15)2-7(10)12-9(14)16/h2-4H,5H2,1H3,(H,12,16). The molecule has 84 valence electrons. The van der Waals surface area contributed by atoms with Gasteiger partial charge in [-0.1, -0.05) is 11.6 Å². The van der Waals surface area contributed by atoms with E-state index in [1.807, 2.05) is 0 Å².